The summed E-state index contributed by atoms with van der Waals surface area (Å²) < 4.78 is 16.9. The summed E-state index contributed by atoms with van der Waals surface area (Å²) in [7, 11) is 0. The largest absolute Gasteiger partial charge is 0.462 e. The second kappa shape index (κ2) is 61.2. The van der Waals surface area contributed by atoms with Crippen LogP contribution in [0.5, 0.6) is 0 Å². The standard InChI is InChI=1S/C66H122O6/c1-4-7-10-13-16-19-22-25-28-30-32-33-34-35-37-38-41-44-47-50-53-56-59-65(68)71-62-63(61-70-64(67)58-55-52-49-46-43-40-27-24-21-18-15-12-9-6-3)72-66(69)60-57-54-51-48-45-42-39-36-31-29-26-23-20-17-14-11-8-5-2/h15,18,24,27,29,31,63H,4-14,16-17,19-23,25-26,28,30,32-62H2,1-3H3/b18-15-,27-24-,31-29-. The predicted molar refractivity (Wildman–Crippen MR) is 312 cm³/mol. The Morgan fingerprint density at radius 1 is 0.278 bits per heavy atom. The quantitative estimate of drug-likeness (QED) is 0.0261. The molecule has 0 rings (SSSR count). The van der Waals surface area contributed by atoms with E-state index in [0.717, 1.165) is 77.0 Å². The first-order valence-electron chi connectivity index (χ1n) is 32.0. The number of carbonyl (C=O) groups excluding carboxylic acids is 3. The molecule has 0 N–H and O–H groups in total. The molecule has 1 unspecified atom stereocenters. The van der Waals surface area contributed by atoms with E-state index in [0.29, 0.717) is 19.3 Å². The smallest absolute Gasteiger partial charge is 0.306 e. The van der Waals surface area contributed by atoms with E-state index < -0.39 is 6.10 Å². The van der Waals surface area contributed by atoms with Gasteiger partial charge in [0.15, 0.2) is 6.10 Å². The summed E-state index contributed by atoms with van der Waals surface area (Å²) in [5.41, 5.74) is 0. The van der Waals surface area contributed by atoms with Crippen LogP contribution >= 0.6 is 0 Å². The fourth-order valence-electron chi connectivity index (χ4n) is 9.52. The van der Waals surface area contributed by atoms with Crippen LogP contribution in [0.3, 0.4) is 0 Å². The lowest BCUT2D eigenvalue weighted by atomic mass is 10.0. The molecule has 0 bridgehead atoms. The molecule has 0 aromatic rings. The first-order chi connectivity index (χ1) is 35.5. The van der Waals surface area contributed by atoms with E-state index in [1.54, 1.807) is 0 Å². The van der Waals surface area contributed by atoms with Crippen molar-refractivity contribution < 1.29 is 28.6 Å². The van der Waals surface area contributed by atoms with Crippen molar-refractivity contribution >= 4 is 17.9 Å². The topological polar surface area (TPSA) is 78.9 Å². The monoisotopic (exact) mass is 1010 g/mol. The van der Waals surface area contributed by atoms with Crippen molar-refractivity contribution in [3.63, 3.8) is 0 Å². The molecule has 0 amide bonds. The van der Waals surface area contributed by atoms with Crippen LogP contribution in [0.25, 0.3) is 0 Å². The lowest BCUT2D eigenvalue weighted by molar-refractivity contribution is -0.167. The molecule has 0 aliphatic rings. The van der Waals surface area contributed by atoms with Crippen molar-refractivity contribution in [3.05, 3.63) is 36.5 Å². The van der Waals surface area contributed by atoms with E-state index >= 15 is 0 Å². The minimum absolute atomic E-state index is 0.0743. The van der Waals surface area contributed by atoms with Crippen molar-refractivity contribution in [3.8, 4) is 0 Å². The van der Waals surface area contributed by atoms with Crippen LogP contribution in [0.2, 0.25) is 0 Å². The van der Waals surface area contributed by atoms with Crippen LogP contribution in [0.1, 0.15) is 348 Å². The molecule has 6 heteroatoms. The molecule has 6 nitrogen and oxygen atoms in total. The zero-order valence-electron chi connectivity index (χ0n) is 48.5. The third-order valence-electron chi connectivity index (χ3n) is 14.4. The Labute approximate surface area is 448 Å². The highest BCUT2D eigenvalue weighted by molar-refractivity contribution is 5.71. The maximum Gasteiger partial charge on any atom is 0.306 e. The summed E-state index contributed by atoms with van der Waals surface area (Å²) in [5, 5.41) is 0. The molecule has 422 valence electrons. The molecule has 0 aliphatic carbocycles. The maximum atomic E-state index is 12.9. The number of hydrogen-bond acceptors (Lipinski definition) is 6. The van der Waals surface area contributed by atoms with Gasteiger partial charge in [-0.1, -0.05) is 295 Å². The van der Waals surface area contributed by atoms with Gasteiger partial charge in [-0.25, -0.2) is 0 Å². The van der Waals surface area contributed by atoms with Crippen molar-refractivity contribution in [1.29, 1.82) is 0 Å². The van der Waals surface area contributed by atoms with E-state index in [4.69, 9.17) is 14.2 Å². The molecule has 0 radical (unpaired) electrons. The van der Waals surface area contributed by atoms with Gasteiger partial charge in [0.2, 0.25) is 0 Å². The Balaban J connectivity index is 4.30. The van der Waals surface area contributed by atoms with Gasteiger partial charge in [0.05, 0.1) is 0 Å². The number of unbranched alkanes of at least 4 members (excludes halogenated alkanes) is 42. The number of esters is 3. The van der Waals surface area contributed by atoms with Gasteiger partial charge in [-0.2, -0.15) is 0 Å². The summed E-state index contributed by atoms with van der Waals surface area (Å²) in [6.07, 6.45) is 74.4. The van der Waals surface area contributed by atoms with Crippen molar-refractivity contribution in [1.82, 2.24) is 0 Å². The molecular weight excluding hydrogens is 889 g/mol. The number of ether oxygens (including phenoxy) is 3. The molecule has 0 aliphatic heterocycles. The second-order valence-corrected chi connectivity index (χ2v) is 21.7. The minimum Gasteiger partial charge on any atom is -0.462 e. The lowest BCUT2D eigenvalue weighted by Gasteiger charge is -2.18. The zero-order chi connectivity index (χ0) is 52.2. The molecule has 0 saturated heterocycles. The molecule has 0 saturated carbocycles. The zero-order valence-corrected chi connectivity index (χ0v) is 48.5. The van der Waals surface area contributed by atoms with E-state index in [1.807, 2.05) is 0 Å². The van der Waals surface area contributed by atoms with Gasteiger partial charge >= 0.3 is 17.9 Å². The number of hydrogen-bond donors (Lipinski definition) is 0. The molecular formula is C66H122O6. The van der Waals surface area contributed by atoms with Crippen molar-refractivity contribution in [2.24, 2.45) is 0 Å². The summed E-state index contributed by atoms with van der Waals surface area (Å²) >= 11 is 0. The number of rotatable bonds is 59. The molecule has 72 heavy (non-hydrogen) atoms. The maximum absolute atomic E-state index is 12.9. The van der Waals surface area contributed by atoms with E-state index in [9.17, 15) is 14.4 Å². The number of carbonyl (C=O) groups is 3. The molecule has 1 atom stereocenters. The Kier molecular flexibility index (Phi) is 59.2. The average molecular weight is 1010 g/mol. The lowest BCUT2D eigenvalue weighted by Crippen LogP contribution is -2.30. The summed E-state index contributed by atoms with van der Waals surface area (Å²) in [6.45, 7) is 6.64. The third-order valence-corrected chi connectivity index (χ3v) is 14.4. The molecule has 0 spiro atoms. The van der Waals surface area contributed by atoms with Crippen molar-refractivity contribution in [2.75, 3.05) is 13.2 Å². The second-order valence-electron chi connectivity index (χ2n) is 21.7. The van der Waals surface area contributed by atoms with Gasteiger partial charge < -0.3 is 14.2 Å². The third kappa shape index (κ3) is 58.5. The summed E-state index contributed by atoms with van der Waals surface area (Å²) in [4.78, 5) is 38.3. The predicted octanol–water partition coefficient (Wildman–Crippen LogP) is 21.6. The van der Waals surface area contributed by atoms with Gasteiger partial charge in [0, 0.05) is 19.3 Å². The fourth-order valence-corrected chi connectivity index (χ4v) is 9.52. The SMILES string of the molecule is CCCC/C=C\C/C=C\CCCCCCCC(=O)OCC(COC(=O)CCCCCCCCCCCCCCCCCCCCCCCC)OC(=O)CCCCCCCCC/C=C\CCCCCCCCC. The van der Waals surface area contributed by atoms with Crippen molar-refractivity contribution in [2.45, 2.75) is 354 Å². The van der Waals surface area contributed by atoms with E-state index in [1.165, 1.54) is 231 Å². The minimum atomic E-state index is -0.778. The van der Waals surface area contributed by atoms with Crippen LogP contribution < -0.4 is 0 Å². The highest BCUT2D eigenvalue weighted by atomic mass is 16.6. The Hall–Kier alpha value is -2.37. The highest BCUT2D eigenvalue weighted by Crippen LogP contribution is 2.17. The number of allylic oxidation sites excluding steroid dienone is 6. The highest BCUT2D eigenvalue weighted by Gasteiger charge is 2.19. The van der Waals surface area contributed by atoms with Gasteiger partial charge in [-0.3, -0.25) is 14.4 Å². The molecule has 0 fully saturated rings. The van der Waals surface area contributed by atoms with Gasteiger partial charge in [0.25, 0.3) is 0 Å². The van der Waals surface area contributed by atoms with Gasteiger partial charge in [0.1, 0.15) is 13.2 Å². The first-order valence-corrected chi connectivity index (χ1v) is 32.0. The van der Waals surface area contributed by atoms with E-state index in [2.05, 4.69) is 57.2 Å². The molecule has 0 aromatic carbocycles. The van der Waals surface area contributed by atoms with Gasteiger partial charge in [-0.05, 0) is 70.6 Å². The fraction of sp³-hybridized carbons (Fsp3) is 0.864. The summed E-state index contributed by atoms with van der Waals surface area (Å²) in [6, 6.07) is 0. The summed E-state index contributed by atoms with van der Waals surface area (Å²) in [5.74, 6) is -0.871. The Bertz CT molecular complexity index is 1210. The molecule has 0 aromatic heterocycles. The van der Waals surface area contributed by atoms with E-state index in [-0.39, 0.29) is 31.1 Å². The first kappa shape index (κ1) is 69.6. The van der Waals surface area contributed by atoms with Gasteiger partial charge in [-0.15, -0.1) is 0 Å². The van der Waals surface area contributed by atoms with Crippen LogP contribution in [0, 0.1) is 0 Å². The molecule has 0 heterocycles. The van der Waals surface area contributed by atoms with Crippen LogP contribution in [0.4, 0.5) is 0 Å². The Morgan fingerprint density at radius 3 is 0.819 bits per heavy atom. The van der Waals surface area contributed by atoms with Crippen LogP contribution in [0.15, 0.2) is 36.5 Å². The normalized spacial score (nSPS) is 12.2. The van der Waals surface area contributed by atoms with Crippen LogP contribution in [-0.2, 0) is 28.6 Å². The average Bonchev–Trinajstić information content (AvgIpc) is 3.38. The van der Waals surface area contributed by atoms with Crippen LogP contribution in [-0.4, -0.2) is 37.2 Å². The Morgan fingerprint density at radius 2 is 0.514 bits per heavy atom.